The lowest BCUT2D eigenvalue weighted by atomic mass is 9.88. The quantitative estimate of drug-likeness (QED) is 0.430. The highest BCUT2D eigenvalue weighted by atomic mass is 16.3. The van der Waals surface area contributed by atoms with Crippen molar-refractivity contribution < 1.29 is 15.0 Å². The van der Waals surface area contributed by atoms with E-state index in [1.807, 2.05) is 53.4 Å². The van der Waals surface area contributed by atoms with Gasteiger partial charge in [-0.2, -0.15) is 0 Å². The number of urea groups is 1. The van der Waals surface area contributed by atoms with Gasteiger partial charge in [0.15, 0.2) is 0 Å². The lowest BCUT2D eigenvalue weighted by Crippen LogP contribution is -2.32. The van der Waals surface area contributed by atoms with Gasteiger partial charge >= 0.3 is 6.03 Å². The van der Waals surface area contributed by atoms with Gasteiger partial charge in [-0.1, -0.05) is 43.3 Å². The van der Waals surface area contributed by atoms with Crippen LogP contribution in [0.4, 0.5) is 10.5 Å². The molecule has 5 nitrogen and oxygen atoms in total. The number of hydrogen-bond donors (Lipinski definition) is 3. The smallest absolute Gasteiger partial charge is 0.321 e. The van der Waals surface area contributed by atoms with E-state index in [4.69, 9.17) is 0 Å². The van der Waals surface area contributed by atoms with Crippen LogP contribution in [0.2, 0.25) is 0 Å². The standard InChI is InChI=1S/C27H28N2O3/c1-2-25(19-7-13-23(30)14-8-19)26(21-9-15-24(31)16-10-21)20-5-11-22(12-6-20)28-27(32)29-17-3-4-18-29/h5-16,30-31H,2-4,17-18H2,1H3,(H,28,32)/b26-25-. The normalized spacial score (nSPS) is 14.2. The van der Waals surface area contributed by atoms with Gasteiger partial charge in [-0.05, 0) is 83.5 Å². The number of nitrogens with one attached hydrogen (secondary N) is 1. The van der Waals surface area contributed by atoms with E-state index in [0.717, 1.165) is 65.9 Å². The minimum absolute atomic E-state index is 0.0529. The Hall–Kier alpha value is -3.73. The van der Waals surface area contributed by atoms with Crippen molar-refractivity contribution in [3.63, 3.8) is 0 Å². The molecule has 32 heavy (non-hydrogen) atoms. The molecule has 0 spiro atoms. The average molecular weight is 429 g/mol. The first kappa shape index (κ1) is 21.5. The maximum Gasteiger partial charge on any atom is 0.321 e. The molecule has 0 unspecified atom stereocenters. The molecule has 1 aliphatic heterocycles. The van der Waals surface area contributed by atoms with Crippen LogP contribution >= 0.6 is 0 Å². The number of likely N-dealkylation sites (tertiary alicyclic amines) is 1. The number of carbonyl (C=O) groups excluding carboxylic acids is 1. The van der Waals surface area contributed by atoms with Gasteiger partial charge < -0.3 is 20.4 Å². The number of rotatable bonds is 5. The van der Waals surface area contributed by atoms with Crippen LogP contribution in [-0.4, -0.2) is 34.2 Å². The van der Waals surface area contributed by atoms with Crippen LogP contribution in [0.5, 0.6) is 11.5 Å². The fourth-order valence-corrected chi connectivity index (χ4v) is 4.17. The van der Waals surface area contributed by atoms with Gasteiger partial charge in [-0.3, -0.25) is 0 Å². The number of phenolic OH excluding ortho intramolecular Hbond substituents is 2. The molecule has 3 aromatic rings. The molecule has 0 radical (unpaired) electrons. The van der Waals surface area contributed by atoms with Gasteiger partial charge in [0.25, 0.3) is 0 Å². The summed E-state index contributed by atoms with van der Waals surface area (Å²) in [6.45, 7) is 3.72. The van der Waals surface area contributed by atoms with Crippen LogP contribution in [0, 0.1) is 0 Å². The lowest BCUT2D eigenvalue weighted by Gasteiger charge is -2.18. The summed E-state index contributed by atoms with van der Waals surface area (Å²) < 4.78 is 0. The highest BCUT2D eigenvalue weighted by Crippen LogP contribution is 2.36. The molecule has 3 aromatic carbocycles. The number of benzene rings is 3. The summed E-state index contributed by atoms with van der Waals surface area (Å²) in [5.74, 6) is 0.448. The summed E-state index contributed by atoms with van der Waals surface area (Å²) in [6.07, 6.45) is 2.91. The molecule has 0 aromatic heterocycles. The van der Waals surface area contributed by atoms with E-state index >= 15 is 0 Å². The molecule has 0 atom stereocenters. The molecule has 0 aliphatic carbocycles. The number of hydrogen-bond acceptors (Lipinski definition) is 3. The maximum atomic E-state index is 12.4. The Morgan fingerprint density at radius 3 is 1.75 bits per heavy atom. The van der Waals surface area contributed by atoms with Crippen LogP contribution in [0.25, 0.3) is 11.1 Å². The first-order valence-electron chi connectivity index (χ1n) is 11.0. The molecule has 5 heteroatoms. The number of amides is 2. The molecule has 2 amide bonds. The highest BCUT2D eigenvalue weighted by molar-refractivity contribution is 5.99. The Morgan fingerprint density at radius 1 is 0.781 bits per heavy atom. The molecule has 3 N–H and O–H groups in total. The van der Waals surface area contributed by atoms with Crippen LogP contribution in [0.15, 0.2) is 72.8 Å². The Labute approximate surface area is 188 Å². The number of allylic oxidation sites excluding steroid dienone is 1. The first-order chi connectivity index (χ1) is 15.5. The summed E-state index contributed by atoms with van der Waals surface area (Å²) in [5, 5.41) is 22.5. The van der Waals surface area contributed by atoms with E-state index in [-0.39, 0.29) is 17.5 Å². The fourth-order valence-electron chi connectivity index (χ4n) is 4.17. The van der Waals surface area contributed by atoms with Crippen molar-refractivity contribution in [2.75, 3.05) is 18.4 Å². The zero-order chi connectivity index (χ0) is 22.5. The second-order valence-corrected chi connectivity index (χ2v) is 8.00. The molecule has 1 saturated heterocycles. The van der Waals surface area contributed by atoms with Crippen molar-refractivity contribution in [3.8, 4) is 11.5 Å². The lowest BCUT2D eigenvalue weighted by molar-refractivity contribution is 0.222. The van der Waals surface area contributed by atoms with E-state index in [0.29, 0.717) is 0 Å². The first-order valence-corrected chi connectivity index (χ1v) is 11.0. The molecule has 4 rings (SSSR count). The van der Waals surface area contributed by atoms with Crippen molar-refractivity contribution in [3.05, 3.63) is 89.5 Å². The topological polar surface area (TPSA) is 72.8 Å². The summed E-state index contributed by atoms with van der Waals surface area (Å²) in [4.78, 5) is 14.3. The molecule has 1 heterocycles. The molecule has 1 fully saturated rings. The second-order valence-electron chi connectivity index (χ2n) is 8.00. The van der Waals surface area contributed by atoms with Gasteiger partial charge in [0.05, 0.1) is 0 Å². The zero-order valence-corrected chi connectivity index (χ0v) is 18.2. The Kier molecular flexibility index (Phi) is 6.45. The third-order valence-corrected chi connectivity index (χ3v) is 5.85. The minimum atomic E-state index is -0.0529. The van der Waals surface area contributed by atoms with Crippen molar-refractivity contribution in [1.29, 1.82) is 0 Å². The van der Waals surface area contributed by atoms with Crippen LogP contribution in [-0.2, 0) is 0 Å². The Balaban J connectivity index is 1.72. The van der Waals surface area contributed by atoms with E-state index < -0.39 is 0 Å². The number of anilines is 1. The molecule has 0 saturated carbocycles. The van der Waals surface area contributed by atoms with E-state index in [2.05, 4.69) is 12.2 Å². The second kappa shape index (κ2) is 9.60. The van der Waals surface area contributed by atoms with Gasteiger partial charge in [0.2, 0.25) is 0 Å². The fraction of sp³-hybridized carbons (Fsp3) is 0.222. The van der Waals surface area contributed by atoms with Gasteiger partial charge in [-0.15, -0.1) is 0 Å². The maximum absolute atomic E-state index is 12.4. The highest BCUT2D eigenvalue weighted by Gasteiger charge is 2.18. The largest absolute Gasteiger partial charge is 0.508 e. The Morgan fingerprint density at radius 2 is 1.25 bits per heavy atom. The predicted molar refractivity (Wildman–Crippen MR) is 129 cm³/mol. The van der Waals surface area contributed by atoms with E-state index in [1.54, 1.807) is 24.3 Å². The minimum Gasteiger partial charge on any atom is -0.508 e. The Bertz CT molecular complexity index is 1100. The number of phenols is 2. The third kappa shape index (κ3) is 4.78. The van der Waals surface area contributed by atoms with E-state index in [9.17, 15) is 15.0 Å². The van der Waals surface area contributed by atoms with Gasteiger partial charge in [0.1, 0.15) is 11.5 Å². The summed E-state index contributed by atoms with van der Waals surface area (Å²) in [6, 6.07) is 22.2. The van der Waals surface area contributed by atoms with Crippen molar-refractivity contribution in [1.82, 2.24) is 4.90 Å². The van der Waals surface area contributed by atoms with Crippen molar-refractivity contribution in [2.24, 2.45) is 0 Å². The molecule has 164 valence electrons. The zero-order valence-electron chi connectivity index (χ0n) is 18.2. The summed E-state index contributed by atoms with van der Waals surface area (Å²) >= 11 is 0. The SMILES string of the molecule is CC/C(=C(/c1ccc(O)cc1)c1ccc(NC(=O)N2CCCC2)cc1)c1ccc(O)cc1. The summed E-state index contributed by atoms with van der Waals surface area (Å²) in [7, 11) is 0. The number of nitrogens with zero attached hydrogens (tertiary/aromatic N) is 1. The van der Waals surface area contributed by atoms with E-state index in [1.165, 1.54) is 0 Å². The molecule has 1 aliphatic rings. The predicted octanol–water partition coefficient (Wildman–Crippen LogP) is 6.09. The van der Waals surface area contributed by atoms with Crippen molar-refractivity contribution in [2.45, 2.75) is 26.2 Å². The molecule has 0 bridgehead atoms. The monoisotopic (exact) mass is 428 g/mol. The van der Waals surface area contributed by atoms with Crippen LogP contribution in [0.3, 0.4) is 0 Å². The van der Waals surface area contributed by atoms with Gasteiger partial charge in [-0.25, -0.2) is 4.79 Å². The molecular formula is C27H28N2O3. The third-order valence-electron chi connectivity index (χ3n) is 5.85. The van der Waals surface area contributed by atoms with Crippen LogP contribution in [0.1, 0.15) is 42.9 Å². The number of aromatic hydroxyl groups is 2. The molecular weight excluding hydrogens is 400 g/mol. The van der Waals surface area contributed by atoms with Crippen molar-refractivity contribution >= 4 is 22.9 Å². The summed E-state index contributed by atoms with van der Waals surface area (Å²) in [5.41, 5.74) is 5.97. The number of carbonyl (C=O) groups is 1. The van der Waals surface area contributed by atoms with Gasteiger partial charge in [0, 0.05) is 18.8 Å². The average Bonchev–Trinajstić information content (AvgIpc) is 3.35. The van der Waals surface area contributed by atoms with Crippen LogP contribution < -0.4 is 5.32 Å².